The Balaban J connectivity index is 1.66. The number of piperidine rings is 2. The van der Waals surface area contributed by atoms with Crippen LogP contribution in [0.3, 0.4) is 0 Å². The van der Waals surface area contributed by atoms with Gasteiger partial charge in [0.05, 0.1) is 7.11 Å². The lowest BCUT2D eigenvalue weighted by Gasteiger charge is -2.48. The van der Waals surface area contributed by atoms with E-state index in [1.807, 2.05) is 11.0 Å². The second kappa shape index (κ2) is 8.40. The van der Waals surface area contributed by atoms with Crippen LogP contribution >= 0.6 is 0 Å². The summed E-state index contributed by atoms with van der Waals surface area (Å²) in [6.45, 7) is 6.98. The molecule has 5 nitrogen and oxygen atoms in total. The minimum Gasteiger partial charge on any atom is -0.497 e. The van der Waals surface area contributed by atoms with Gasteiger partial charge in [-0.3, -0.25) is 9.69 Å². The first-order chi connectivity index (χ1) is 12.5. The average Bonchev–Trinajstić information content (AvgIpc) is 2.64. The Bertz CT molecular complexity index is 634. The van der Waals surface area contributed by atoms with Crippen LogP contribution in [0, 0.1) is 12.3 Å². The zero-order valence-corrected chi connectivity index (χ0v) is 16.2. The van der Waals surface area contributed by atoms with Gasteiger partial charge in [-0.1, -0.05) is 6.07 Å². The average molecular weight is 360 g/mol. The molecule has 26 heavy (non-hydrogen) atoms. The van der Waals surface area contributed by atoms with Gasteiger partial charge < -0.3 is 14.7 Å². The Morgan fingerprint density at radius 2 is 2.12 bits per heavy atom. The van der Waals surface area contributed by atoms with E-state index in [-0.39, 0.29) is 17.9 Å². The van der Waals surface area contributed by atoms with Crippen LogP contribution in [-0.4, -0.2) is 60.7 Å². The van der Waals surface area contributed by atoms with E-state index in [4.69, 9.17) is 9.84 Å². The normalized spacial score (nSPS) is 24.3. The highest BCUT2D eigenvalue weighted by Gasteiger charge is 2.41. The van der Waals surface area contributed by atoms with Crippen molar-refractivity contribution in [1.29, 1.82) is 0 Å². The first kappa shape index (κ1) is 19.2. The van der Waals surface area contributed by atoms with Crippen molar-refractivity contribution >= 4 is 5.91 Å². The second-order valence-electron chi connectivity index (χ2n) is 8.00. The van der Waals surface area contributed by atoms with Gasteiger partial charge in [-0.15, -0.1) is 0 Å². The van der Waals surface area contributed by atoms with Crippen LogP contribution < -0.4 is 4.74 Å². The number of hydrogen-bond donors (Lipinski definition) is 1. The number of carbonyl (C=O) groups is 1. The van der Waals surface area contributed by atoms with Crippen molar-refractivity contribution < 1.29 is 14.6 Å². The number of aryl methyl sites for hydroxylation is 1. The van der Waals surface area contributed by atoms with E-state index in [0.29, 0.717) is 19.4 Å². The van der Waals surface area contributed by atoms with E-state index >= 15 is 0 Å². The summed E-state index contributed by atoms with van der Waals surface area (Å²) >= 11 is 0. The van der Waals surface area contributed by atoms with Gasteiger partial charge in [-0.25, -0.2) is 0 Å². The summed E-state index contributed by atoms with van der Waals surface area (Å²) in [5, 5.41) is 9.10. The molecule has 1 amide bonds. The maximum atomic E-state index is 12.2. The Morgan fingerprint density at radius 3 is 2.85 bits per heavy atom. The van der Waals surface area contributed by atoms with Crippen molar-refractivity contribution in [3.8, 4) is 5.75 Å². The van der Waals surface area contributed by atoms with E-state index < -0.39 is 0 Å². The number of benzene rings is 1. The molecule has 2 aliphatic heterocycles. The van der Waals surface area contributed by atoms with Crippen molar-refractivity contribution in [2.24, 2.45) is 5.41 Å². The molecule has 0 saturated carbocycles. The zero-order valence-electron chi connectivity index (χ0n) is 16.2. The maximum absolute atomic E-state index is 12.2. The Morgan fingerprint density at radius 1 is 1.27 bits per heavy atom. The van der Waals surface area contributed by atoms with Gasteiger partial charge in [0.25, 0.3) is 0 Å². The molecular weight excluding hydrogens is 328 g/mol. The molecule has 2 fully saturated rings. The first-order valence-corrected chi connectivity index (χ1v) is 9.80. The molecule has 0 aromatic heterocycles. The highest BCUT2D eigenvalue weighted by Crippen LogP contribution is 2.39. The molecule has 3 rings (SSSR count). The number of carbonyl (C=O) groups excluding carboxylic acids is 1. The molecule has 2 heterocycles. The lowest BCUT2D eigenvalue weighted by molar-refractivity contribution is -0.139. The number of methoxy groups -OCH3 is 1. The second-order valence-corrected chi connectivity index (χ2v) is 8.00. The summed E-state index contributed by atoms with van der Waals surface area (Å²) in [7, 11) is 1.70. The molecule has 1 N–H and O–H groups in total. The Hall–Kier alpha value is -1.59. The van der Waals surface area contributed by atoms with Crippen LogP contribution in [0.2, 0.25) is 0 Å². The molecule has 0 radical (unpaired) electrons. The van der Waals surface area contributed by atoms with Crippen LogP contribution in [0.5, 0.6) is 5.75 Å². The molecule has 2 aliphatic rings. The van der Waals surface area contributed by atoms with Crippen molar-refractivity contribution in [1.82, 2.24) is 9.80 Å². The topological polar surface area (TPSA) is 53.0 Å². The largest absolute Gasteiger partial charge is 0.497 e. The molecule has 0 aliphatic carbocycles. The molecule has 1 spiro atoms. The van der Waals surface area contributed by atoms with Gasteiger partial charge in [0.2, 0.25) is 5.91 Å². The molecule has 0 bridgehead atoms. The van der Waals surface area contributed by atoms with E-state index in [1.165, 1.54) is 24.0 Å². The van der Waals surface area contributed by atoms with Crippen molar-refractivity contribution in [3.05, 3.63) is 29.3 Å². The number of amides is 1. The van der Waals surface area contributed by atoms with Crippen molar-refractivity contribution in [2.45, 2.75) is 45.6 Å². The Kier molecular flexibility index (Phi) is 6.20. The van der Waals surface area contributed by atoms with Gasteiger partial charge in [-0.05, 0) is 62.4 Å². The first-order valence-electron chi connectivity index (χ1n) is 9.80. The maximum Gasteiger partial charge on any atom is 0.222 e. The van der Waals surface area contributed by atoms with Crippen LogP contribution in [0.4, 0.5) is 0 Å². The fraction of sp³-hybridized carbons (Fsp3) is 0.667. The molecule has 1 aromatic rings. The summed E-state index contributed by atoms with van der Waals surface area (Å²) < 4.78 is 5.32. The minimum absolute atomic E-state index is 0.152. The predicted molar refractivity (Wildman–Crippen MR) is 102 cm³/mol. The summed E-state index contributed by atoms with van der Waals surface area (Å²) in [5.41, 5.74) is 2.85. The summed E-state index contributed by atoms with van der Waals surface area (Å²) in [6.07, 6.45) is 4.72. The fourth-order valence-corrected chi connectivity index (χ4v) is 4.56. The van der Waals surface area contributed by atoms with Crippen LogP contribution in [0.1, 0.15) is 43.2 Å². The molecule has 144 valence electrons. The number of likely N-dealkylation sites (tertiary alicyclic amines) is 2. The summed E-state index contributed by atoms with van der Waals surface area (Å²) in [4.78, 5) is 16.8. The molecular formula is C21H32N2O3. The standard InChI is InChI=1S/C21H32N2O3/c1-17-13-19(26-2)6-5-18(17)14-22-10-3-8-21(15-22)9-7-20(25)23(16-21)11-4-12-24/h5-6,13,24H,3-4,7-12,14-16H2,1-2H3/t21-/m0/s1. The Labute approximate surface area is 156 Å². The van der Waals surface area contributed by atoms with E-state index in [2.05, 4.69) is 24.0 Å². The minimum atomic E-state index is 0.152. The van der Waals surface area contributed by atoms with Crippen molar-refractivity contribution in [3.63, 3.8) is 0 Å². The third kappa shape index (κ3) is 4.38. The van der Waals surface area contributed by atoms with E-state index in [0.717, 1.165) is 38.3 Å². The van der Waals surface area contributed by atoms with Gasteiger partial charge in [0, 0.05) is 44.6 Å². The zero-order chi connectivity index (χ0) is 18.6. The third-order valence-electron chi connectivity index (χ3n) is 6.02. The number of ether oxygens (including phenoxy) is 1. The van der Waals surface area contributed by atoms with E-state index in [1.54, 1.807) is 7.11 Å². The molecule has 0 unspecified atom stereocenters. The molecule has 2 saturated heterocycles. The van der Waals surface area contributed by atoms with Crippen LogP contribution in [0.25, 0.3) is 0 Å². The lowest BCUT2D eigenvalue weighted by atomic mass is 9.73. The number of rotatable bonds is 6. The van der Waals surface area contributed by atoms with Crippen LogP contribution in [0.15, 0.2) is 18.2 Å². The highest BCUT2D eigenvalue weighted by molar-refractivity contribution is 5.77. The van der Waals surface area contributed by atoms with Gasteiger partial charge in [0.1, 0.15) is 5.75 Å². The highest BCUT2D eigenvalue weighted by atomic mass is 16.5. The third-order valence-corrected chi connectivity index (χ3v) is 6.02. The fourth-order valence-electron chi connectivity index (χ4n) is 4.56. The number of nitrogens with zero attached hydrogens (tertiary/aromatic N) is 2. The van der Waals surface area contributed by atoms with Crippen molar-refractivity contribution in [2.75, 3.05) is 39.9 Å². The van der Waals surface area contributed by atoms with Crippen LogP contribution in [-0.2, 0) is 11.3 Å². The SMILES string of the molecule is COc1ccc(CN2CCC[C@]3(CCC(=O)N(CCCO)C3)C2)c(C)c1. The van der Waals surface area contributed by atoms with Gasteiger partial charge >= 0.3 is 0 Å². The predicted octanol–water partition coefficient (Wildman–Crippen LogP) is 2.59. The van der Waals surface area contributed by atoms with Gasteiger partial charge in [-0.2, -0.15) is 0 Å². The number of hydrogen-bond acceptors (Lipinski definition) is 4. The monoisotopic (exact) mass is 360 g/mol. The number of aliphatic hydroxyl groups is 1. The smallest absolute Gasteiger partial charge is 0.222 e. The molecule has 5 heteroatoms. The summed E-state index contributed by atoms with van der Waals surface area (Å²) in [5.74, 6) is 1.17. The van der Waals surface area contributed by atoms with Gasteiger partial charge in [0.15, 0.2) is 0 Å². The summed E-state index contributed by atoms with van der Waals surface area (Å²) in [6, 6.07) is 6.32. The lowest BCUT2D eigenvalue weighted by Crippen LogP contribution is -2.54. The quantitative estimate of drug-likeness (QED) is 0.847. The number of aliphatic hydroxyl groups excluding tert-OH is 1. The van der Waals surface area contributed by atoms with E-state index in [9.17, 15) is 4.79 Å². The molecule has 1 aromatic carbocycles. The molecule has 1 atom stereocenters.